The smallest absolute Gasteiger partial charge is 0.207 e. The summed E-state index contributed by atoms with van der Waals surface area (Å²) in [5.74, 6) is 0.911. The van der Waals surface area contributed by atoms with Gasteiger partial charge in [-0.25, -0.2) is 0 Å². The molecule has 0 radical (unpaired) electrons. The topological polar surface area (TPSA) is 29.1 Å². The van der Waals surface area contributed by atoms with Crippen LogP contribution in [0.1, 0.15) is 46.5 Å². The van der Waals surface area contributed by atoms with Crippen LogP contribution < -0.4 is 5.32 Å². The zero-order valence-corrected chi connectivity index (χ0v) is 10.3. The van der Waals surface area contributed by atoms with Crippen molar-refractivity contribution >= 4 is 6.41 Å². The highest BCUT2D eigenvalue weighted by Crippen LogP contribution is 2.20. The fraction of sp³-hybridized carbons (Fsp3) is 0.769. The first-order chi connectivity index (χ1) is 7.17. The Kier molecular flexibility index (Phi) is 8.06. The Morgan fingerprint density at radius 1 is 1.33 bits per heavy atom. The van der Waals surface area contributed by atoms with Gasteiger partial charge in [-0.15, -0.1) is 6.58 Å². The van der Waals surface area contributed by atoms with Crippen LogP contribution >= 0.6 is 0 Å². The van der Waals surface area contributed by atoms with E-state index in [2.05, 4.69) is 32.7 Å². The molecule has 2 nitrogen and oxygen atoms in total. The van der Waals surface area contributed by atoms with Crippen LogP contribution in [0.25, 0.3) is 0 Å². The molecule has 0 aliphatic carbocycles. The average molecular weight is 211 g/mol. The number of rotatable bonds is 9. The lowest BCUT2D eigenvalue weighted by Gasteiger charge is -2.27. The quantitative estimate of drug-likeness (QED) is 0.354. The summed E-state index contributed by atoms with van der Waals surface area (Å²) >= 11 is 0. The lowest BCUT2D eigenvalue weighted by Crippen LogP contribution is -2.36. The molecule has 0 saturated carbocycles. The monoisotopic (exact) mass is 211 g/mol. The van der Waals surface area contributed by atoms with E-state index in [0.29, 0.717) is 11.8 Å². The molecule has 88 valence electrons. The third-order valence-corrected chi connectivity index (χ3v) is 2.91. The molecule has 0 aromatic heterocycles. The zero-order valence-electron chi connectivity index (χ0n) is 10.3. The normalized spacial score (nSPS) is 14.7. The zero-order chi connectivity index (χ0) is 11.7. The minimum Gasteiger partial charge on any atom is -0.355 e. The van der Waals surface area contributed by atoms with E-state index in [4.69, 9.17) is 0 Å². The Labute approximate surface area is 94.1 Å². The number of carbonyl (C=O) groups excluding carboxylic acids is 1. The Morgan fingerprint density at radius 2 is 2.00 bits per heavy atom. The molecule has 0 bridgehead atoms. The van der Waals surface area contributed by atoms with Gasteiger partial charge in [0.15, 0.2) is 0 Å². The molecule has 0 aromatic rings. The molecule has 1 amide bonds. The molecule has 2 atom stereocenters. The van der Waals surface area contributed by atoms with Crippen molar-refractivity contribution in [3.05, 3.63) is 12.7 Å². The van der Waals surface area contributed by atoms with Crippen molar-refractivity contribution < 1.29 is 4.79 Å². The summed E-state index contributed by atoms with van der Waals surface area (Å²) in [5.41, 5.74) is 0. The predicted octanol–water partition coefficient (Wildman–Crippen LogP) is 3.14. The third-order valence-electron chi connectivity index (χ3n) is 2.91. The van der Waals surface area contributed by atoms with Gasteiger partial charge in [-0.2, -0.15) is 0 Å². The van der Waals surface area contributed by atoms with E-state index < -0.39 is 0 Å². The van der Waals surface area contributed by atoms with E-state index in [1.165, 1.54) is 19.3 Å². The van der Waals surface area contributed by atoms with Crippen LogP contribution in [0.5, 0.6) is 0 Å². The lowest BCUT2D eigenvalue weighted by molar-refractivity contribution is -0.110. The molecule has 15 heavy (non-hydrogen) atoms. The van der Waals surface area contributed by atoms with Crippen LogP contribution in [0.4, 0.5) is 0 Å². The van der Waals surface area contributed by atoms with E-state index in [9.17, 15) is 4.79 Å². The van der Waals surface area contributed by atoms with Gasteiger partial charge in [0.1, 0.15) is 0 Å². The molecule has 0 aliphatic heterocycles. The first-order valence-electron chi connectivity index (χ1n) is 5.99. The van der Waals surface area contributed by atoms with Crippen LogP contribution in [0.2, 0.25) is 0 Å². The fourth-order valence-corrected chi connectivity index (χ4v) is 1.99. The highest BCUT2D eigenvalue weighted by Gasteiger charge is 2.20. The molecule has 0 aliphatic rings. The molecule has 2 unspecified atom stereocenters. The first kappa shape index (κ1) is 14.2. The number of nitrogens with one attached hydrogen (secondary N) is 1. The van der Waals surface area contributed by atoms with Gasteiger partial charge < -0.3 is 5.32 Å². The summed E-state index contributed by atoms with van der Waals surface area (Å²) in [6.45, 7) is 10.4. The maximum atomic E-state index is 10.5. The second-order valence-electron chi connectivity index (χ2n) is 4.44. The van der Waals surface area contributed by atoms with Crippen molar-refractivity contribution in [3.63, 3.8) is 0 Å². The van der Waals surface area contributed by atoms with Gasteiger partial charge >= 0.3 is 0 Å². The van der Waals surface area contributed by atoms with Crippen molar-refractivity contribution in [2.45, 2.75) is 52.5 Å². The van der Waals surface area contributed by atoms with E-state index in [0.717, 1.165) is 12.8 Å². The van der Waals surface area contributed by atoms with Gasteiger partial charge in [0.05, 0.1) is 0 Å². The van der Waals surface area contributed by atoms with Gasteiger partial charge in [-0.05, 0) is 18.3 Å². The Hall–Kier alpha value is -0.790. The van der Waals surface area contributed by atoms with Crippen LogP contribution in [-0.4, -0.2) is 12.5 Å². The first-order valence-corrected chi connectivity index (χ1v) is 5.99. The maximum absolute atomic E-state index is 10.5. The van der Waals surface area contributed by atoms with Crippen molar-refractivity contribution in [1.29, 1.82) is 0 Å². The highest BCUT2D eigenvalue weighted by atomic mass is 16.1. The fourth-order valence-electron chi connectivity index (χ4n) is 1.99. The predicted molar refractivity (Wildman–Crippen MR) is 65.7 cm³/mol. The van der Waals surface area contributed by atoms with Gasteiger partial charge in [0.25, 0.3) is 0 Å². The second kappa shape index (κ2) is 8.51. The van der Waals surface area contributed by atoms with Crippen molar-refractivity contribution in [2.75, 3.05) is 0 Å². The Bertz CT molecular complexity index is 177. The van der Waals surface area contributed by atoms with E-state index in [1.54, 1.807) is 0 Å². The number of amides is 1. The van der Waals surface area contributed by atoms with E-state index >= 15 is 0 Å². The van der Waals surface area contributed by atoms with Gasteiger partial charge in [-0.3, -0.25) is 4.79 Å². The number of unbranched alkanes of at least 4 members (excludes halogenated alkanes) is 2. The number of hydrogen-bond acceptors (Lipinski definition) is 1. The molecule has 0 aromatic carbocycles. The molecule has 1 N–H and O–H groups in total. The minimum atomic E-state index is 0.256. The van der Waals surface area contributed by atoms with E-state index in [1.807, 2.05) is 6.08 Å². The SMILES string of the molecule is C=CC(C(C)C)C(CCCCC)NC=O. The Morgan fingerprint density at radius 3 is 2.40 bits per heavy atom. The lowest BCUT2D eigenvalue weighted by atomic mass is 9.86. The van der Waals surface area contributed by atoms with Crippen LogP contribution in [0.15, 0.2) is 12.7 Å². The standard InChI is InChI=1S/C13H25NO/c1-5-7-8-9-13(14-10-15)12(6-2)11(3)4/h6,10-13H,2,5,7-9H2,1,3-4H3,(H,14,15). The molecular weight excluding hydrogens is 186 g/mol. The summed E-state index contributed by atoms with van der Waals surface area (Å²) in [6, 6.07) is 0.256. The van der Waals surface area contributed by atoms with Crippen molar-refractivity contribution in [2.24, 2.45) is 11.8 Å². The van der Waals surface area contributed by atoms with Gasteiger partial charge in [-0.1, -0.05) is 46.1 Å². The average Bonchev–Trinajstić information content (AvgIpc) is 2.18. The molecule has 0 heterocycles. The van der Waals surface area contributed by atoms with Gasteiger partial charge in [0, 0.05) is 6.04 Å². The molecular formula is C13H25NO. The number of hydrogen-bond donors (Lipinski definition) is 1. The van der Waals surface area contributed by atoms with E-state index in [-0.39, 0.29) is 6.04 Å². The van der Waals surface area contributed by atoms with Crippen LogP contribution in [0, 0.1) is 11.8 Å². The summed E-state index contributed by atoms with van der Waals surface area (Å²) < 4.78 is 0. The third kappa shape index (κ3) is 5.60. The minimum absolute atomic E-state index is 0.256. The Balaban J connectivity index is 4.20. The highest BCUT2D eigenvalue weighted by molar-refractivity contribution is 5.46. The van der Waals surface area contributed by atoms with Crippen molar-refractivity contribution in [3.8, 4) is 0 Å². The second-order valence-corrected chi connectivity index (χ2v) is 4.44. The van der Waals surface area contributed by atoms with Crippen LogP contribution in [-0.2, 0) is 4.79 Å². The summed E-state index contributed by atoms with van der Waals surface area (Å²) in [4.78, 5) is 10.5. The number of carbonyl (C=O) groups is 1. The summed E-state index contributed by atoms with van der Waals surface area (Å²) in [7, 11) is 0. The van der Waals surface area contributed by atoms with Crippen LogP contribution in [0.3, 0.4) is 0 Å². The molecule has 2 heteroatoms. The molecule has 0 spiro atoms. The summed E-state index contributed by atoms with van der Waals surface area (Å²) in [5, 5.41) is 2.92. The summed E-state index contributed by atoms with van der Waals surface area (Å²) in [6.07, 6.45) is 7.47. The molecule has 0 saturated heterocycles. The van der Waals surface area contributed by atoms with Crippen molar-refractivity contribution in [1.82, 2.24) is 5.32 Å². The maximum Gasteiger partial charge on any atom is 0.207 e. The molecule has 0 rings (SSSR count). The van der Waals surface area contributed by atoms with Gasteiger partial charge in [0.2, 0.25) is 6.41 Å². The largest absolute Gasteiger partial charge is 0.355 e. The molecule has 0 fully saturated rings.